The largest absolute Gasteiger partial charge is 0.230 e. The van der Waals surface area contributed by atoms with Gasteiger partial charge in [-0.2, -0.15) is 0 Å². The Morgan fingerprint density at radius 2 is 1.71 bits per heavy atom. The van der Waals surface area contributed by atoms with Crippen molar-refractivity contribution in [3.8, 4) is 0 Å². The quantitative estimate of drug-likeness (QED) is 0.621. The maximum absolute atomic E-state index is 5.96. The molecular weight excluding hydrogens is 296 g/mol. The zero-order valence-corrected chi connectivity index (χ0v) is 15.9. The normalized spacial score (nSPS) is 33.9. The van der Waals surface area contributed by atoms with E-state index in [2.05, 4.69) is 58.0 Å². The molecule has 1 heterocycles. The van der Waals surface area contributed by atoms with E-state index in [1.807, 2.05) is 0 Å². The van der Waals surface area contributed by atoms with Crippen LogP contribution < -0.4 is 0 Å². The number of aryl methyl sites for hydroxylation is 1. The summed E-state index contributed by atoms with van der Waals surface area (Å²) in [5.74, 6) is 0.816. The molecule has 0 bridgehead atoms. The lowest BCUT2D eigenvalue weighted by atomic mass is 9.66. The molecule has 1 atom stereocenters. The molecule has 1 aromatic rings. The van der Waals surface area contributed by atoms with Gasteiger partial charge in [-0.25, -0.2) is 9.78 Å². The molecule has 2 fully saturated rings. The van der Waals surface area contributed by atoms with Gasteiger partial charge in [0.25, 0.3) is 0 Å². The van der Waals surface area contributed by atoms with Crippen molar-refractivity contribution in [2.45, 2.75) is 90.3 Å². The van der Waals surface area contributed by atoms with E-state index < -0.39 is 0 Å². The first-order valence-electron chi connectivity index (χ1n) is 9.71. The number of rotatable bonds is 4. The molecule has 24 heavy (non-hydrogen) atoms. The van der Waals surface area contributed by atoms with E-state index in [1.165, 1.54) is 18.4 Å². The molecule has 0 aromatic heterocycles. The van der Waals surface area contributed by atoms with Crippen LogP contribution in [0.5, 0.6) is 0 Å². The molecule has 1 saturated heterocycles. The number of hydrogen-bond donors (Lipinski definition) is 0. The molecule has 1 spiro atoms. The predicted octanol–water partition coefficient (Wildman–Crippen LogP) is 6.10. The lowest BCUT2D eigenvalue weighted by Gasteiger charge is -2.40. The summed E-state index contributed by atoms with van der Waals surface area (Å²) in [6.07, 6.45) is 9.27. The van der Waals surface area contributed by atoms with Crippen LogP contribution in [0.4, 0.5) is 0 Å². The van der Waals surface area contributed by atoms with Gasteiger partial charge in [0.05, 0.1) is 0 Å². The molecule has 2 aliphatic rings. The van der Waals surface area contributed by atoms with Gasteiger partial charge >= 0.3 is 0 Å². The third-order valence-corrected chi connectivity index (χ3v) is 6.25. The summed E-state index contributed by atoms with van der Waals surface area (Å²) in [6, 6.07) is 10.7. The summed E-state index contributed by atoms with van der Waals surface area (Å²) in [5, 5.41) is 0. The van der Waals surface area contributed by atoms with E-state index in [4.69, 9.17) is 9.78 Å². The average molecular weight is 331 g/mol. The van der Waals surface area contributed by atoms with E-state index >= 15 is 0 Å². The van der Waals surface area contributed by atoms with Crippen LogP contribution in [0.1, 0.15) is 78.2 Å². The van der Waals surface area contributed by atoms with Crippen LogP contribution >= 0.6 is 0 Å². The summed E-state index contributed by atoms with van der Waals surface area (Å²) in [5.41, 5.74) is 1.72. The van der Waals surface area contributed by atoms with Gasteiger partial charge in [-0.15, -0.1) is 0 Å². The molecule has 0 N–H and O–H groups in total. The lowest BCUT2D eigenvalue weighted by Crippen LogP contribution is -2.38. The molecule has 3 rings (SSSR count). The molecule has 1 aliphatic heterocycles. The summed E-state index contributed by atoms with van der Waals surface area (Å²) in [4.78, 5) is 11.9. The Hall–Kier alpha value is -0.860. The second-order valence-electron chi connectivity index (χ2n) is 9.46. The molecule has 134 valence electrons. The minimum absolute atomic E-state index is 0.0107. The van der Waals surface area contributed by atoms with Crippen LogP contribution in [0, 0.1) is 11.3 Å². The van der Waals surface area contributed by atoms with Gasteiger partial charge in [0.1, 0.15) is 11.2 Å². The van der Waals surface area contributed by atoms with Crippen molar-refractivity contribution in [2.75, 3.05) is 0 Å². The first kappa shape index (κ1) is 17.9. The molecule has 1 unspecified atom stereocenters. The highest BCUT2D eigenvalue weighted by molar-refractivity contribution is 5.14. The highest BCUT2D eigenvalue weighted by Crippen LogP contribution is 2.50. The Labute approximate surface area is 147 Å². The monoisotopic (exact) mass is 330 g/mol. The maximum Gasteiger partial charge on any atom is 0.106 e. The van der Waals surface area contributed by atoms with Crippen LogP contribution in [0.3, 0.4) is 0 Å². The van der Waals surface area contributed by atoms with Gasteiger partial charge < -0.3 is 0 Å². The minimum Gasteiger partial charge on any atom is -0.230 e. The third-order valence-electron chi connectivity index (χ3n) is 6.25. The van der Waals surface area contributed by atoms with Crippen LogP contribution in [-0.2, 0) is 16.2 Å². The molecule has 1 saturated carbocycles. The van der Waals surface area contributed by atoms with Crippen LogP contribution in [-0.4, -0.2) is 11.2 Å². The van der Waals surface area contributed by atoms with Crippen molar-refractivity contribution in [1.82, 2.24) is 0 Å². The Bertz CT molecular complexity index is 523. The fourth-order valence-electron chi connectivity index (χ4n) is 4.64. The minimum atomic E-state index is -0.108. The zero-order valence-electron chi connectivity index (χ0n) is 15.9. The van der Waals surface area contributed by atoms with E-state index in [-0.39, 0.29) is 11.2 Å². The van der Waals surface area contributed by atoms with E-state index in [1.54, 1.807) is 0 Å². The zero-order chi connectivity index (χ0) is 17.3. The molecule has 1 aromatic carbocycles. The van der Waals surface area contributed by atoms with Crippen molar-refractivity contribution in [2.24, 2.45) is 11.3 Å². The van der Waals surface area contributed by atoms with Crippen LogP contribution in [0.25, 0.3) is 0 Å². The molecule has 0 radical (unpaired) electrons. The van der Waals surface area contributed by atoms with E-state index in [0.29, 0.717) is 5.41 Å². The Morgan fingerprint density at radius 1 is 1.04 bits per heavy atom. The predicted molar refractivity (Wildman–Crippen MR) is 98.7 cm³/mol. The van der Waals surface area contributed by atoms with Gasteiger partial charge in [0.15, 0.2) is 0 Å². The third kappa shape index (κ3) is 4.21. The summed E-state index contributed by atoms with van der Waals surface area (Å²) < 4.78 is 0. The molecule has 2 nitrogen and oxygen atoms in total. The second-order valence-corrected chi connectivity index (χ2v) is 9.46. The fraction of sp³-hybridized carbons (Fsp3) is 0.727. The number of benzene rings is 1. The standard InChI is InChI=1S/C22H34O2/c1-20(2,3)19-12-15-22(16-13-19)17-21(4,23-24-22)14-8-11-18-9-6-5-7-10-18/h5-7,9-10,19H,8,11-17H2,1-4H3. The molecule has 0 amide bonds. The SMILES string of the molecule is CC1(CCCc2ccccc2)CC2(CCC(C(C)(C)C)CC2)OO1. The van der Waals surface area contributed by atoms with Crippen molar-refractivity contribution < 1.29 is 9.78 Å². The highest BCUT2D eigenvalue weighted by atomic mass is 17.2. The van der Waals surface area contributed by atoms with Gasteiger partial charge in [0, 0.05) is 6.42 Å². The molecule has 1 aliphatic carbocycles. The summed E-state index contributed by atoms with van der Waals surface area (Å²) >= 11 is 0. The van der Waals surface area contributed by atoms with Crippen molar-refractivity contribution in [3.63, 3.8) is 0 Å². The van der Waals surface area contributed by atoms with Crippen LogP contribution in [0.15, 0.2) is 30.3 Å². The fourth-order valence-corrected chi connectivity index (χ4v) is 4.64. The van der Waals surface area contributed by atoms with Gasteiger partial charge in [-0.3, -0.25) is 0 Å². The second kappa shape index (κ2) is 6.80. The van der Waals surface area contributed by atoms with Crippen LogP contribution in [0.2, 0.25) is 0 Å². The van der Waals surface area contributed by atoms with Gasteiger partial charge in [-0.05, 0) is 68.8 Å². The first-order valence-corrected chi connectivity index (χ1v) is 9.71. The Balaban J connectivity index is 1.49. The maximum atomic E-state index is 5.96. The summed E-state index contributed by atoms with van der Waals surface area (Å²) in [7, 11) is 0. The highest BCUT2D eigenvalue weighted by Gasteiger charge is 2.51. The molecule has 2 heteroatoms. The van der Waals surface area contributed by atoms with Gasteiger partial charge in [-0.1, -0.05) is 51.1 Å². The number of hydrogen-bond acceptors (Lipinski definition) is 2. The average Bonchev–Trinajstić information content (AvgIpc) is 2.85. The molecular formula is C22H34O2. The lowest BCUT2D eigenvalue weighted by molar-refractivity contribution is -0.353. The summed E-state index contributed by atoms with van der Waals surface area (Å²) in [6.45, 7) is 9.35. The Morgan fingerprint density at radius 3 is 2.33 bits per heavy atom. The van der Waals surface area contributed by atoms with Gasteiger partial charge in [0.2, 0.25) is 0 Å². The first-order chi connectivity index (χ1) is 11.3. The smallest absolute Gasteiger partial charge is 0.106 e. The van der Waals surface area contributed by atoms with E-state index in [9.17, 15) is 0 Å². The van der Waals surface area contributed by atoms with Crippen molar-refractivity contribution in [1.29, 1.82) is 0 Å². The topological polar surface area (TPSA) is 18.5 Å². The van der Waals surface area contributed by atoms with Crippen molar-refractivity contribution >= 4 is 0 Å². The van der Waals surface area contributed by atoms with E-state index in [0.717, 1.165) is 44.4 Å². The van der Waals surface area contributed by atoms with Crippen molar-refractivity contribution in [3.05, 3.63) is 35.9 Å². The Kier molecular flexibility index (Phi) is 5.09.